The molecular formula is C8H10N2O4S. The molecule has 1 heterocycles. The Kier molecular flexibility index (Phi) is 3.75. The number of aromatic nitrogens is 1. The molecule has 15 heavy (non-hydrogen) atoms. The van der Waals surface area contributed by atoms with Gasteiger partial charge < -0.3 is 15.9 Å². The molecule has 0 aliphatic carbocycles. The molecule has 1 aromatic heterocycles. The quantitative estimate of drug-likeness (QED) is 0.686. The molecule has 1 rings (SSSR count). The number of carboxylic acids is 2. The first-order valence-corrected chi connectivity index (χ1v) is 5.04. The lowest BCUT2D eigenvalue weighted by Gasteiger charge is -2.04. The summed E-state index contributed by atoms with van der Waals surface area (Å²) in [6.45, 7) is 0. The van der Waals surface area contributed by atoms with Crippen molar-refractivity contribution in [3.63, 3.8) is 0 Å². The number of nitrogens with two attached hydrogens (primary N) is 1. The number of rotatable bonds is 5. The molecular weight excluding hydrogens is 220 g/mol. The van der Waals surface area contributed by atoms with Gasteiger partial charge in [0.15, 0.2) is 5.69 Å². The summed E-state index contributed by atoms with van der Waals surface area (Å²) in [6.07, 6.45) is 0.199. The maximum absolute atomic E-state index is 10.5. The minimum Gasteiger partial charge on any atom is -0.481 e. The van der Waals surface area contributed by atoms with Crippen molar-refractivity contribution < 1.29 is 19.8 Å². The van der Waals surface area contributed by atoms with Gasteiger partial charge in [0.25, 0.3) is 0 Å². The molecule has 7 heteroatoms. The van der Waals surface area contributed by atoms with E-state index in [1.165, 1.54) is 5.38 Å². The van der Waals surface area contributed by atoms with E-state index < -0.39 is 18.0 Å². The summed E-state index contributed by atoms with van der Waals surface area (Å²) in [7, 11) is 0. The molecule has 0 amide bonds. The van der Waals surface area contributed by atoms with Gasteiger partial charge in [-0.2, -0.15) is 0 Å². The molecule has 0 unspecified atom stereocenters. The van der Waals surface area contributed by atoms with E-state index in [1.54, 1.807) is 0 Å². The average molecular weight is 230 g/mol. The molecule has 0 aliphatic heterocycles. The highest BCUT2D eigenvalue weighted by Crippen LogP contribution is 2.20. The van der Waals surface area contributed by atoms with Crippen LogP contribution in [0.25, 0.3) is 0 Å². The Bertz CT molecular complexity index is 376. The van der Waals surface area contributed by atoms with Crippen molar-refractivity contribution in [1.82, 2.24) is 4.98 Å². The first kappa shape index (κ1) is 11.6. The zero-order chi connectivity index (χ0) is 11.4. The normalized spacial score (nSPS) is 12.3. The maximum Gasteiger partial charge on any atom is 0.355 e. The SMILES string of the molecule is N[C@@H](CCC(=O)O)c1nc(C(=O)O)cs1. The predicted molar refractivity (Wildman–Crippen MR) is 52.9 cm³/mol. The van der Waals surface area contributed by atoms with E-state index in [0.29, 0.717) is 5.01 Å². The number of aliphatic carboxylic acids is 1. The van der Waals surface area contributed by atoms with Gasteiger partial charge in [0, 0.05) is 11.8 Å². The molecule has 0 spiro atoms. The van der Waals surface area contributed by atoms with Crippen LogP contribution in [0.2, 0.25) is 0 Å². The van der Waals surface area contributed by atoms with Gasteiger partial charge in [0.2, 0.25) is 0 Å². The van der Waals surface area contributed by atoms with Gasteiger partial charge in [0.05, 0.1) is 6.04 Å². The van der Waals surface area contributed by atoms with Gasteiger partial charge in [-0.3, -0.25) is 4.79 Å². The van der Waals surface area contributed by atoms with Gasteiger partial charge in [0.1, 0.15) is 5.01 Å². The molecule has 0 aromatic carbocycles. The minimum absolute atomic E-state index is 0.0524. The molecule has 0 saturated heterocycles. The highest BCUT2D eigenvalue weighted by atomic mass is 32.1. The lowest BCUT2D eigenvalue weighted by Crippen LogP contribution is -2.12. The van der Waals surface area contributed by atoms with Gasteiger partial charge in [-0.1, -0.05) is 0 Å². The summed E-state index contributed by atoms with van der Waals surface area (Å²) < 4.78 is 0. The largest absolute Gasteiger partial charge is 0.481 e. The third-order valence-electron chi connectivity index (χ3n) is 1.73. The summed E-state index contributed by atoms with van der Waals surface area (Å²) in [6, 6.07) is -0.515. The zero-order valence-corrected chi connectivity index (χ0v) is 8.53. The van der Waals surface area contributed by atoms with Crippen LogP contribution in [0.4, 0.5) is 0 Å². The summed E-state index contributed by atoms with van der Waals surface area (Å²) in [5.74, 6) is -2.04. The first-order chi connectivity index (χ1) is 7.00. The van der Waals surface area contributed by atoms with Crippen LogP contribution >= 0.6 is 11.3 Å². The van der Waals surface area contributed by atoms with Crippen LogP contribution in [0, 0.1) is 0 Å². The fraction of sp³-hybridized carbons (Fsp3) is 0.375. The van der Waals surface area contributed by atoms with E-state index in [0.717, 1.165) is 11.3 Å². The van der Waals surface area contributed by atoms with Crippen LogP contribution in [0.3, 0.4) is 0 Å². The molecule has 0 saturated carbocycles. The highest BCUT2D eigenvalue weighted by Gasteiger charge is 2.15. The number of carboxylic acid groups (broad SMARTS) is 2. The van der Waals surface area contributed by atoms with Gasteiger partial charge >= 0.3 is 11.9 Å². The zero-order valence-electron chi connectivity index (χ0n) is 7.71. The monoisotopic (exact) mass is 230 g/mol. The van der Waals surface area contributed by atoms with Crippen molar-refractivity contribution in [2.24, 2.45) is 5.73 Å². The Labute approximate surface area is 89.4 Å². The minimum atomic E-state index is -1.11. The van der Waals surface area contributed by atoms with Crippen LogP contribution < -0.4 is 5.73 Å². The number of aromatic carboxylic acids is 1. The Morgan fingerprint density at radius 3 is 2.67 bits per heavy atom. The molecule has 0 aliphatic rings. The van der Waals surface area contributed by atoms with E-state index in [2.05, 4.69) is 4.98 Å². The lowest BCUT2D eigenvalue weighted by atomic mass is 10.2. The average Bonchev–Trinajstić information content (AvgIpc) is 2.62. The second-order valence-corrected chi connectivity index (χ2v) is 3.80. The number of thiazole rings is 1. The van der Waals surface area contributed by atoms with Crippen LogP contribution in [0.5, 0.6) is 0 Å². The van der Waals surface area contributed by atoms with Gasteiger partial charge in [-0.15, -0.1) is 11.3 Å². The predicted octanol–water partition coefficient (Wildman–Crippen LogP) is 0.706. The summed E-state index contributed by atoms with van der Waals surface area (Å²) in [5.41, 5.74) is 5.59. The maximum atomic E-state index is 10.5. The van der Waals surface area contributed by atoms with E-state index in [1.807, 2.05) is 0 Å². The van der Waals surface area contributed by atoms with Crippen LogP contribution in [0.1, 0.15) is 34.4 Å². The molecule has 0 fully saturated rings. The van der Waals surface area contributed by atoms with Crippen molar-refractivity contribution in [3.8, 4) is 0 Å². The van der Waals surface area contributed by atoms with Gasteiger partial charge in [-0.25, -0.2) is 9.78 Å². The second-order valence-electron chi connectivity index (χ2n) is 2.92. The summed E-state index contributed by atoms with van der Waals surface area (Å²) in [5, 5.41) is 18.9. The van der Waals surface area contributed by atoms with Crippen LogP contribution in [-0.4, -0.2) is 27.1 Å². The van der Waals surface area contributed by atoms with Crippen molar-refractivity contribution >= 4 is 23.3 Å². The molecule has 1 atom stereocenters. The number of carbonyl (C=O) groups is 2. The van der Waals surface area contributed by atoms with Crippen LogP contribution in [-0.2, 0) is 4.79 Å². The van der Waals surface area contributed by atoms with Crippen LogP contribution in [0.15, 0.2) is 5.38 Å². The van der Waals surface area contributed by atoms with E-state index in [9.17, 15) is 9.59 Å². The van der Waals surface area contributed by atoms with E-state index in [-0.39, 0.29) is 18.5 Å². The van der Waals surface area contributed by atoms with Crippen molar-refractivity contribution in [2.75, 3.05) is 0 Å². The van der Waals surface area contributed by atoms with E-state index >= 15 is 0 Å². The van der Waals surface area contributed by atoms with E-state index in [4.69, 9.17) is 15.9 Å². The lowest BCUT2D eigenvalue weighted by molar-refractivity contribution is -0.137. The van der Waals surface area contributed by atoms with Crippen molar-refractivity contribution in [2.45, 2.75) is 18.9 Å². The fourth-order valence-electron chi connectivity index (χ4n) is 0.959. The second kappa shape index (κ2) is 4.85. The van der Waals surface area contributed by atoms with Crippen molar-refractivity contribution in [3.05, 3.63) is 16.1 Å². The summed E-state index contributed by atoms with van der Waals surface area (Å²) in [4.78, 5) is 24.6. The Hall–Kier alpha value is -1.47. The topological polar surface area (TPSA) is 114 Å². The standard InChI is InChI=1S/C8H10N2O4S/c9-4(1-2-6(11)12)7-10-5(3-15-7)8(13)14/h3-4H,1-2,9H2,(H,11,12)(H,13,14)/t4-/m0/s1. The van der Waals surface area contributed by atoms with Gasteiger partial charge in [-0.05, 0) is 6.42 Å². The summed E-state index contributed by atoms with van der Waals surface area (Å²) >= 11 is 1.13. The smallest absolute Gasteiger partial charge is 0.355 e. The fourth-order valence-corrected chi connectivity index (χ4v) is 1.79. The number of hydrogen-bond acceptors (Lipinski definition) is 5. The molecule has 0 bridgehead atoms. The Balaban J connectivity index is 2.61. The highest BCUT2D eigenvalue weighted by molar-refractivity contribution is 7.09. The molecule has 4 N–H and O–H groups in total. The molecule has 1 aromatic rings. The Morgan fingerprint density at radius 1 is 1.53 bits per heavy atom. The molecule has 6 nitrogen and oxygen atoms in total. The third kappa shape index (κ3) is 3.30. The van der Waals surface area contributed by atoms with Crippen molar-refractivity contribution in [1.29, 1.82) is 0 Å². The Morgan fingerprint density at radius 2 is 2.20 bits per heavy atom. The molecule has 0 radical (unpaired) electrons. The molecule has 82 valence electrons. The first-order valence-electron chi connectivity index (χ1n) is 4.16. The number of nitrogens with zero attached hydrogens (tertiary/aromatic N) is 1. The third-order valence-corrected chi connectivity index (χ3v) is 2.70. The number of hydrogen-bond donors (Lipinski definition) is 3.